The number of hydrogen-bond acceptors (Lipinski definition) is 5. The molecule has 1 aromatic heterocycles. The molecule has 1 aliphatic rings. The van der Waals surface area contributed by atoms with Crippen LogP contribution in [-0.2, 0) is 16.0 Å². The van der Waals surface area contributed by atoms with Crippen molar-refractivity contribution in [2.24, 2.45) is 0 Å². The molecule has 2 amide bonds. The van der Waals surface area contributed by atoms with Crippen LogP contribution in [0.3, 0.4) is 0 Å². The fourth-order valence-corrected chi connectivity index (χ4v) is 1.83. The summed E-state index contributed by atoms with van der Waals surface area (Å²) in [6.45, 7) is 2.23. The maximum atomic E-state index is 11.8. The van der Waals surface area contributed by atoms with Gasteiger partial charge < -0.3 is 20.1 Å². The summed E-state index contributed by atoms with van der Waals surface area (Å²) in [6.07, 6.45) is 3.13. The number of hydrogen-bond donors (Lipinski definition) is 4. The van der Waals surface area contributed by atoms with E-state index in [0.717, 1.165) is 0 Å². The van der Waals surface area contributed by atoms with Crippen LogP contribution in [-0.4, -0.2) is 64.4 Å². The Morgan fingerprint density at radius 3 is 2.85 bits per heavy atom. The number of rotatable bonds is 5. The van der Waals surface area contributed by atoms with Gasteiger partial charge in [0.2, 0.25) is 0 Å². The summed E-state index contributed by atoms with van der Waals surface area (Å²) in [5.41, 5.74) is 3.24. The molecular weight excluding hydrogens is 266 g/mol. The predicted octanol–water partition coefficient (Wildman–Crippen LogP) is -1.05. The molecular formula is C11H17N5O4. The molecule has 1 fully saturated rings. The van der Waals surface area contributed by atoms with Gasteiger partial charge in [0.05, 0.1) is 19.5 Å². The van der Waals surface area contributed by atoms with Gasteiger partial charge in [-0.25, -0.2) is 19.6 Å². The van der Waals surface area contributed by atoms with Gasteiger partial charge in [0.15, 0.2) is 0 Å². The van der Waals surface area contributed by atoms with E-state index in [1.807, 2.05) is 0 Å². The lowest BCUT2D eigenvalue weighted by Crippen LogP contribution is -2.55. The molecule has 2 rings (SSSR count). The molecule has 0 spiro atoms. The van der Waals surface area contributed by atoms with E-state index in [1.165, 1.54) is 12.5 Å². The molecule has 0 aromatic carbocycles. The second-order valence-corrected chi connectivity index (χ2v) is 4.36. The van der Waals surface area contributed by atoms with E-state index < -0.39 is 18.0 Å². The number of ether oxygens (including phenoxy) is 1. The Morgan fingerprint density at radius 1 is 1.50 bits per heavy atom. The van der Waals surface area contributed by atoms with Crippen molar-refractivity contribution in [3.63, 3.8) is 0 Å². The molecule has 0 unspecified atom stereocenters. The molecule has 4 N–H and O–H groups in total. The topological polar surface area (TPSA) is 120 Å². The number of imidazole rings is 1. The van der Waals surface area contributed by atoms with Gasteiger partial charge in [-0.05, 0) is 0 Å². The zero-order chi connectivity index (χ0) is 14.4. The number of nitrogens with zero attached hydrogens (tertiary/aromatic N) is 2. The number of nitrogens with one attached hydrogen (secondary N) is 3. The van der Waals surface area contributed by atoms with Crippen LogP contribution in [0.1, 0.15) is 5.69 Å². The number of carboxylic acid groups (broad SMARTS) is 1. The fraction of sp³-hybridized carbons (Fsp3) is 0.545. The quantitative estimate of drug-likeness (QED) is 0.547. The van der Waals surface area contributed by atoms with Crippen molar-refractivity contribution in [3.8, 4) is 0 Å². The number of hydrazine groups is 1. The average molecular weight is 283 g/mol. The Hall–Kier alpha value is -2.13. The highest BCUT2D eigenvalue weighted by atomic mass is 16.5. The third-order valence-electron chi connectivity index (χ3n) is 2.85. The van der Waals surface area contributed by atoms with Crippen LogP contribution in [0.2, 0.25) is 0 Å². The second-order valence-electron chi connectivity index (χ2n) is 4.36. The summed E-state index contributed by atoms with van der Waals surface area (Å²) in [5, 5.41) is 13.2. The third-order valence-corrected chi connectivity index (χ3v) is 2.85. The zero-order valence-corrected chi connectivity index (χ0v) is 10.8. The van der Waals surface area contributed by atoms with Gasteiger partial charge in [0, 0.05) is 31.4 Å². The van der Waals surface area contributed by atoms with Crippen LogP contribution in [0.25, 0.3) is 0 Å². The minimum absolute atomic E-state index is 0.145. The number of carboxylic acids is 1. The number of aliphatic carboxylic acids is 1. The Balaban J connectivity index is 1.83. The fourth-order valence-electron chi connectivity index (χ4n) is 1.83. The van der Waals surface area contributed by atoms with Gasteiger partial charge in [0.1, 0.15) is 6.04 Å². The summed E-state index contributed by atoms with van der Waals surface area (Å²) in [4.78, 5) is 29.5. The first-order chi connectivity index (χ1) is 9.65. The zero-order valence-electron chi connectivity index (χ0n) is 10.8. The van der Waals surface area contributed by atoms with Gasteiger partial charge in [-0.1, -0.05) is 0 Å². The van der Waals surface area contributed by atoms with Crippen molar-refractivity contribution < 1.29 is 19.4 Å². The number of morpholine rings is 1. The van der Waals surface area contributed by atoms with Crippen LogP contribution < -0.4 is 10.7 Å². The summed E-state index contributed by atoms with van der Waals surface area (Å²) in [7, 11) is 0. The van der Waals surface area contributed by atoms with Crippen molar-refractivity contribution in [2.75, 3.05) is 26.3 Å². The van der Waals surface area contributed by atoms with Crippen molar-refractivity contribution in [3.05, 3.63) is 18.2 Å². The molecule has 1 atom stereocenters. The first-order valence-corrected chi connectivity index (χ1v) is 6.25. The van der Waals surface area contributed by atoms with Gasteiger partial charge in [-0.3, -0.25) is 5.43 Å². The van der Waals surface area contributed by atoms with Crippen LogP contribution in [0.4, 0.5) is 4.79 Å². The van der Waals surface area contributed by atoms with E-state index in [9.17, 15) is 9.59 Å². The molecule has 0 aliphatic carbocycles. The Kier molecular flexibility index (Phi) is 4.91. The van der Waals surface area contributed by atoms with Gasteiger partial charge in [-0.2, -0.15) is 0 Å². The summed E-state index contributed by atoms with van der Waals surface area (Å²) < 4.78 is 5.15. The minimum atomic E-state index is -1.10. The number of urea groups is 1. The van der Waals surface area contributed by atoms with Crippen molar-refractivity contribution in [2.45, 2.75) is 12.5 Å². The molecule has 0 radical (unpaired) electrons. The lowest BCUT2D eigenvalue weighted by atomic mass is 10.2. The molecule has 9 heteroatoms. The lowest BCUT2D eigenvalue weighted by molar-refractivity contribution is -0.139. The molecule has 1 saturated heterocycles. The van der Waals surface area contributed by atoms with Crippen molar-refractivity contribution >= 4 is 12.0 Å². The number of aromatic nitrogens is 2. The number of H-pyrrole nitrogens is 1. The minimum Gasteiger partial charge on any atom is -0.480 e. The standard InChI is InChI=1S/C11H17N5O4/c17-10(18)9(5-8-6-12-7-13-8)14-11(19)15-16-1-3-20-4-2-16/h6-7,9H,1-5H2,(H,12,13)(H,17,18)(H2,14,15,19)/t9-/m1/s1. The molecule has 0 saturated carbocycles. The highest BCUT2D eigenvalue weighted by Gasteiger charge is 2.22. The highest BCUT2D eigenvalue weighted by molar-refractivity contribution is 5.82. The number of aromatic amines is 1. The monoisotopic (exact) mass is 283 g/mol. The molecule has 1 aliphatic heterocycles. The van der Waals surface area contributed by atoms with E-state index in [2.05, 4.69) is 20.7 Å². The largest absolute Gasteiger partial charge is 0.480 e. The van der Waals surface area contributed by atoms with Crippen molar-refractivity contribution in [1.29, 1.82) is 0 Å². The summed E-state index contributed by atoms with van der Waals surface area (Å²) in [6, 6.07) is -1.56. The van der Waals surface area contributed by atoms with E-state index in [-0.39, 0.29) is 6.42 Å². The Bertz CT molecular complexity index is 444. The number of carbonyl (C=O) groups is 2. The lowest BCUT2D eigenvalue weighted by Gasteiger charge is -2.27. The second kappa shape index (κ2) is 6.87. The molecule has 2 heterocycles. The first-order valence-electron chi connectivity index (χ1n) is 6.25. The average Bonchev–Trinajstić information content (AvgIpc) is 2.92. The normalized spacial score (nSPS) is 17.4. The molecule has 9 nitrogen and oxygen atoms in total. The Morgan fingerprint density at radius 2 is 2.25 bits per heavy atom. The summed E-state index contributed by atoms with van der Waals surface area (Å²) >= 11 is 0. The van der Waals surface area contributed by atoms with E-state index in [0.29, 0.717) is 32.0 Å². The smallest absolute Gasteiger partial charge is 0.330 e. The summed E-state index contributed by atoms with van der Waals surface area (Å²) in [5.74, 6) is -1.10. The van der Waals surface area contributed by atoms with Crippen LogP contribution in [0.15, 0.2) is 12.5 Å². The van der Waals surface area contributed by atoms with Gasteiger partial charge >= 0.3 is 12.0 Å². The van der Waals surface area contributed by atoms with E-state index in [4.69, 9.17) is 9.84 Å². The van der Waals surface area contributed by atoms with Crippen LogP contribution in [0, 0.1) is 0 Å². The number of amides is 2. The van der Waals surface area contributed by atoms with Crippen LogP contribution >= 0.6 is 0 Å². The van der Waals surface area contributed by atoms with Crippen LogP contribution in [0.5, 0.6) is 0 Å². The predicted molar refractivity (Wildman–Crippen MR) is 67.8 cm³/mol. The Labute approximate surface area is 115 Å². The number of carbonyl (C=O) groups excluding carboxylic acids is 1. The van der Waals surface area contributed by atoms with E-state index >= 15 is 0 Å². The van der Waals surface area contributed by atoms with Gasteiger partial charge in [-0.15, -0.1) is 0 Å². The highest BCUT2D eigenvalue weighted by Crippen LogP contribution is 1.99. The first kappa shape index (κ1) is 14.3. The molecule has 0 bridgehead atoms. The van der Waals surface area contributed by atoms with E-state index in [1.54, 1.807) is 5.01 Å². The third kappa shape index (κ3) is 4.21. The molecule has 20 heavy (non-hydrogen) atoms. The molecule has 1 aromatic rings. The SMILES string of the molecule is O=C(N[C@H](Cc1cnc[nH]1)C(=O)O)NN1CCOCC1. The van der Waals surface area contributed by atoms with Crippen molar-refractivity contribution in [1.82, 2.24) is 25.7 Å². The maximum Gasteiger partial charge on any atom is 0.330 e. The van der Waals surface area contributed by atoms with Gasteiger partial charge in [0.25, 0.3) is 0 Å². The molecule has 110 valence electrons. The maximum absolute atomic E-state index is 11.8.